The Balaban J connectivity index is 2.01. The molecular weight excluding hydrogens is 234 g/mol. The predicted molar refractivity (Wildman–Crippen MR) is 80.5 cm³/mol. The number of phenolic OH excluding ortho intramolecular Hbond substituents is 1. The summed E-state index contributed by atoms with van der Waals surface area (Å²) in [5.74, 6) is 1.35. The Morgan fingerprint density at radius 1 is 1.32 bits per heavy atom. The third kappa shape index (κ3) is 3.50. The number of aromatic hydroxyl groups is 1. The fourth-order valence-corrected chi connectivity index (χ4v) is 3.24. The number of rotatable bonds is 4. The average molecular weight is 261 g/mol. The maximum absolute atomic E-state index is 10.0. The second-order valence-corrected chi connectivity index (χ2v) is 6.01. The molecule has 2 rings (SSSR count). The van der Waals surface area contributed by atoms with Crippen LogP contribution in [0.1, 0.15) is 56.7 Å². The van der Waals surface area contributed by atoms with Gasteiger partial charge in [0.2, 0.25) is 0 Å². The largest absolute Gasteiger partial charge is 0.508 e. The number of likely N-dealkylation sites (tertiary alicyclic amines) is 1. The van der Waals surface area contributed by atoms with Crippen molar-refractivity contribution in [3.63, 3.8) is 0 Å². The lowest BCUT2D eigenvalue weighted by atomic mass is 9.91. The molecule has 1 N–H and O–H groups in total. The van der Waals surface area contributed by atoms with Gasteiger partial charge in [-0.05, 0) is 51.8 Å². The van der Waals surface area contributed by atoms with Crippen LogP contribution in [0.15, 0.2) is 18.2 Å². The smallest absolute Gasteiger partial charge is 0.120 e. The average Bonchev–Trinajstić information content (AvgIpc) is 2.42. The zero-order valence-electron chi connectivity index (χ0n) is 12.5. The van der Waals surface area contributed by atoms with E-state index >= 15 is 0 Å². The van der Waals surface area contributed by atoms with Crippen LogP contribution in [0.4, 0.5) is 0 Å². The Morgan fingerprint density at radius 2 is 2.00 bits per heavy atom. The Bertz CT molecular complexity index is 408. The summed E-state index contributed by atoms with van der Waals surface area (Å²) in [6.07, 6.45) is 5.30. The quantitative estimate of drug-likeness (QED) is 0.874. The van der Waals surface area contributed by atoms with Crippen molar-refractivity contribution in [3.05, 3.63) is 29.3 Å². The maximum Gasteiger partial charge on any atom is 0.120 e. The van der Waals surface area contributed by atoms with Crippen LogP contribution in [0.3, 0.4) is 0 Å². The summed E-state index contributed by atoms with van der Waals surface area (Å²) in [7, 11) is 0. The molecule has 1 atom stereocenters. The minimum absolute atomic E-state index is 0.322. The van der Waals surface area contributed by atoms with Gasteiger partial charge in [0.15, 0.2) is 0 Å². The second kappa shape index (κ2) is 6.42. The SMILES string of the molecule is CCCC1CCN(C(C)c2cc(C)ccc2O)CC1. The molecule has 106 valence electrons. The highest BCUT2D eigenvalue weighted by Crippen LogP contribution is 2.32. The molecule has 1 fully saturated rings. The van der Waals surface area contributed by atoms with E-state index < -0.39 is 0 Å². The van der Waals surface area contributed by atoms with E-state index in [4.69, 9.17) is 0 Å². The van der Waals surface area contributed by atoms with Gasteiger partial charge in [0.25, 0.3) is 0 Å². The summed E-state index contributed by atoms with van der Waals surface area (Å²) in [4.78, 5) is 2.51. The molecule has 1 unspecified atom stereocenters. The number of benzene rings is 1. The van der Waals surface area contributed by atoms with Gasteiger partial charge in [-0.1, -0.05) is 37.5 Å². The van der Waals surface area contributed by atoms with Crippen LogP contribution in [0.5, 0.6) is 5.75 Å². The van der Waals surface area contributed by atoms with Gasteiger partial charge in [-0.2, -0.15) is 0 Å². The third-order valence-corrected chi connectivity index (χ3v) is 4.53. The first-order valence-corrected chi connectivity index (χ1v) is 7.65. The summed E-state index contributed by atoms with van der Waals surface area (Å²) >= 11 is 0. The molecular formula is C17H27NO. The Labute approximate surface area is 117 Å². The molecule has 1 aromatic rings. The summed E-state index contributed by atoms with van der Waals surface area (Å²) in [5.41, 5.74) is 2.30. The van der Waals surface area contributed by atoms with Gasteiger partial charge in [-0.3, -0.25) is 4.90 Å². The van der Waals surface area contributed by atoms with Gasteiger partial charge in [-0.15, -0.1) is 0 Å². The summed E-state index contributed by atoms with van der Waals surface area (Å²) in [6.45, 7) is 8.91. The van der Waals surface area contributed by atoms with Gasteiger partial charge in [0, 0.05) is 11.6 Å². The first kappa shape index (κ1) is 14.4. The molecule has 2 nitrogen and oxygen atoms in total. The summed E-state index contributed by atoms with van der Waals surface area (Å²) < 4.78 is 0. The van der Waals surface area contributed by atoms with Crippen LogP contribution in [-0.2, 0) is 0 Å². The second-order valence-electron chi connectivity index (χ2n) is 6.01. The summed E-state index contributed by atoms with van der Waals surface area (Å²) in [6, 6.07) is 6.24. The standard InChI is InChI=1S/C17H27NO/c1-4-5-15-8-10-18(11-9-15)14(3)16-12-13(2)6-7-17(16)19/h6-7,12,14-15,19H,4-5,8-11H2,1-3H3. The molecule has 0 aromatic heterocycles. The van der Waals surface area contributed by atoms with E-state index in [1.165, 1.54) is 44.3 Å². The van der Waals surface area contributed by atoms with E-state index in [0.717, 1.165) is 11.5 Å². The highest BCUT2D eigenvalue weighted by atomic mass is 16.3. The van der Waals surface area contributed by atoms with Gasteiger partial charge in [-0.25, -0.2) is 0 Å². The molecule has 0 radical (unpaired) electrons. The van der Waals surface area contributed by atoms with Crippen LogP contribution in [-0.4, -0.2) is 23.1 Å². The lowest BCUT2D eigenvalue weighted by Crippen LogP contribution is -2.35. The molecule has 1 aromatic carbocycles. The molecule has 1 saturated heterocycles. The molecule has 0 aliphatic carbocycles. The molecule has 0 saturated carbocycles. The number of hydrogen-bond acceptors (Lipinski definition) is 2. The fourth-order valence-electron chi connectivity index (χ4n) is 3.24. The van der Waals surface area contributed by atoms with Crippen molar-refractivity contribution in [2.75, 3.05) is 13.1 Å². The molecule has 1 heterocycles. The van der Waals surface area contributed by atoms with Crippen LogP contribution < -0.4 is 0 Å². The molecule has 1 aliphatic heterocycles. The topological polar surface area (TPSA) is 23.5 Å². The van der Waals surface area contributed by atoms with E-state index in [2.05, 4.69) is 31.7 Å². The molecule has 1 aliphatic rings. The van der Waals surface area contributed by atoms with E-state index in [0.29, 0.717) is 11.8 Å². The van der Waals surface area contributed by atoms with Crippen molar-refractivity contribution in [2.45, 2.75) is 52.5 Å². The summed E-state index contributed by atoms with van der Waals surface area (Å²) in [5, 5.41) is 10.0. The molecule has 0 bridgehead atoms. The Morgan fingerprint density at radius 3 is 2.63 bits per heavy atom. The zero-order valence-corrected chi connectivity index (χ0v) is 12.5. The number of nitrogens with zero attached hydrogens (tertiary/aromatic N) is 1. The van der Waals surface area contributed by atoms with E-state index in [9.17, 15) is 5.11 Å². The number of hydrogen-bond donors (Lipinski definition) is 1. The number of phenols is 1. The van der Waals surface area contributed by atoms with Gasteiger partial charge in [0.1, 0.15) is 5.75 Å². The zero-order chi connectivity index (χ0) is 13.8. The number of piperidine rings is 1. The number of aryl methyl sites for hydroxylation is 1. The van der Waals surface area contributed by atoms with Crippen LogP contribution in [0.2, 0.25) is 0 Å². The first-order valence-electron chi connectivity index (χ1n) is 7.65. The van der Waals surface area contributed by atoms with Crippen molar-refractivity contribution >= 4 is 0 Å². The maximum atomic E-state index is 10.0. The highest BCUT2D eigenvalue weighted by Gasteiger charge is 2.24. The van der Waals surface area contributed by atoms with Gasteiger partial charge in [0.05, 0.1) is 0 Å². The van der Waals surface area contributed by atoms with E-state index in [1.54, 1.807) is 0 Å². The third-order valence-electron chi connectivity index (χ3n) is 4.53. The minimum Gasteiger partial charge on any atom is -0.508 e. The van der Waals surface area contributed by atoms with Gasteiger partial charge >= 0.3 is 0 Å². The van der Waals surface area contributed by atoms with Crippen molar-refractivity contribution in [2.24, 2.45) is 5.92 Å². The van der Waals surface area contributed by atoms with Crippen LogP contribution in [0, 0.1) is 12.8 Å². The normalized spacial score (nSPS) is 19.5. The minimum atomic E-state index is 0.322. The van der Waals surface area contributed by atoms with E-state index in [-0.39, 0.29) is 0 Å². The lowest BCUT2D eigenvalue weighted by Gasteiger charge is -2.36. The van der Waals surface area contributed by atoms with E-state index in [1.807, 2.05) is 12.1 Å². The van der Waals surface area contributed by atoms with Crippen LogP contribution >= 0.6 is 0 Å². The molecule has 19 heavy (non-hydrogen) atoms. The lowest BCUT2D eigenvalue weighted by molar-refractivity contribution is 0.135. The first-order chi connectivity index (χ1) is 9.11. The molecule has 0 spiro atoms. The van der Waals surface area contributed by atoms with Crippen molar-refractivity contribution in [3.8, 4) is 5.75 Å². The van der Waals surface area contributed by atoms with Crippen molar-refractivity contribution in [1.29, 1.82) is 0 Å². The van der Waals surface area contributed by atoms with Crippen molar-refractivity contribution in [1.82, 2.24) is 4.90 Å². The Kier molecular flexibility index (Phi) is 4.87. The van der Waals surface area contributed by atoms with Gasteiger partial charge < -0.3 is 5.11 Å². The fraction of sp³-hybridized carbons (Fsp3) is 0.647. The van der Waals surface area contributed by atoms with Crippen molar-refractivity contribution < 1.29 is 5.11 Å². The Hall–Kier alpha value is -1.02. The highest BCUT2D eigenvalue weighted by molar-refractivity contribution is 5.37. The van der Waals surface area contributed by atoms with Crippen LogP contribution in [0.25, 0.3) is 0 Å². The molecule has 2 heteroatoms. The predicted octanol–water partition coefficient (Wildman–Crippen LogP) is 4.27. The molecule has 0 amide bonds. The monoisotopic (exact) mass is 261 g/mol.